The highest BCUT2D eigenvalue weighted by Gasteiger charge is 2.22. The maximum Gasteiger partial charge on any atom is 0.406 e. The average molecular weight is 242 g/mol. The number of aliphatic hydroxyl groups is 1. The number of aromatic nitrogens is 2. The van der Waals surface area contributed by atoms with Crippen molar-refractivity contribution in [2.24, 2.45) is 13.0 Å². The third-order valence-corrected chi connectivity index (χ3v) is 2.41. The largest absolute Gasteiger partial charge is 0.406 e. The van der Waals surface area contributed by atoms with Gasteiger partial charge in [-0.15, -0.1) is 0 Å². The Balaban J connectivity index is 2.85. The van der Waals surface area contributed by atoms with Gasteiger partial charge in [0.15, 0.2) is 0 Å². The first-order valence-electron chi connectivity index (χ1n) is 5.48. The number of nitrogens with one attached hydrogen (secondary N) is 1. The van der Waals surface area contributed by atoms with Crippen LogP contribution in [0.1, 0.15) is 20.3 Å². The van der Waals surface area contributed by atoms with Crippen molar-refractivity contribution in [2.45, 2.75) is 26.3 Å². The molecule has 17 heavy (non-hydrogen) atoms. The van der Waals surface area contributed by atoms with Gasteiger partial charge in [0.05, 0.1) is 12.6 Å². The van der Waals surface area contributed by atoms with Crippen molar-refractivity contribution in [1.82, 2.24) is 9.55 Å². The first kappa shape index (κ1) is 13.4. The van der Waals surface area contributed by atoms with Crippen molar-refractivity contribution in [3.8, 4) is 0 Å². The van der Waals surface area contributed by atoms with E-state index in [4.69, 9.17) is 0 Å². The third kappa shape index (κ3) is 3.42. The van der Waals surface area contributed by atoms with E-state index in [0.29, 0.717) is 11.7 Å². The fourth-order valence-electron chi connectivity index (χ4n) is 1.66. The van der Waals surface area contributed by atoms with Gasteiger partial charge in [-0.1, -0.05) is 13.8 Å². The summed E-state index contributed by atoms with van der Waals surface area (Å²) in [6, 6.07) is -0.205. The molecule has 0 radical (unpaired) electrons. The van der Waals surface area contributed by atoms with Crippen molar-refractivity contribution < 1.29 is 10.0 Å². The number of hydrogen-bond donors (Lipinski definition) is 2. The van der Waals surface area contributed by atoms with Crippen molar-refractivity contribution >= 4 is 11.6 Å². The molecule has 1 heterocycles. The van der Waals surface area contributed by atoms with E-state index in [0.717, 1.165) is 6.42 Å². The molecule has 0 aliphatic carbocycles. The molecule has 0 aliphatic rings. The number of aryl methyl sites for hydroxylation is 1. The van der Waals surface area contributed by atoms with Gasteiger partial charge in [-0.3, -0.25) is 4.57 Å². The first-order chi connectivity index (χ1) is 7.95. The predicted octanol–water partition coefficient (Wildman–Crippen LogP) is 1.15. The molecule has 0 fully saturated rings. The molecule has 0 saturated heterocycles. The van der Waals surface area contributed by atoms with E-state index in [2.05, 4.69) is 10.3 Å². The van der Waals surface area contributed by atoms with Gasteiger partial charge in [0.2, 0.25) is 12.1 Å². The lowest BCUT2D eigenvalue weighted by atomic mass is 10.0. The summed E-state index contributed by atoms with van der Waals surface area (Å²) < 4.78 is 1.54. The molecule has 1 aromatic heterocycles. The molecule has 1 rings (SSSR count). The topological polar surface area (TPSA) is 93.2 Å². The van der Waals surface area contributed by atoms with E-state index < -0.39 is 4.92 Å². The lowest BCUT2D eigenvalue weighted by Crippen LogP contribution is -2.27. The Bertz CT molecular complexity index is 389. The molecule has 0 amide bonds. The van der Waals surface area contributed by atoms with Crippen LogP contribution in [-0.4, -0.2) is 32.2 Å². The highest BCUT2D eigenvalue weighted by molar-refractivity contribution is 5.52. The molecule has 0 aromatic carbocycles. The normalized spacial score (nSPS) is 12.8. The zero-order chi connectivity index (χ0) is 13.0. The molecule has 0 aliphatic heterocycles. The Labute approximate surface area is 99.6 Å². The van der Waals surface area contributed by atoms with Crippen LogP contribution >= 0.6 is 0 Å². The van der Waals surface area contributed by atoms with Crippen LogP contribution in [0.5, 0.6) is 0 Å². The summed E-state index contributed by atoms with van der Waals surface area (Å²) in [5, 5.41) is 23.0. The Kier molecular flexibility index (Phi) is 4.45. The van der Waals surface area contributed by atoms with Crippen molar-refractivity contribution in [3.63, 3.8) is 0 Å². The minimum Gasteiger partial charge on any atom is -0.394 e. The lowest BCUT2D eigenvalue weighted by molar-refractivity contribution is -0.388. The van der Waals surface area contributed by atoms with Gasteiger partial charge < -0.3 is 20.5 Å². The molecule has 7 heteroatoms. The zero-order valence-corrected chi connectivity index (χ0v) is 10.3. The fourth-order valence-corrected chi connectivity index (χ4v) is 1.66. The number of anilines is 1. The van der Waals surface area contributed by atoms with E-state index >= 15 is 0 Å². The molecule has 1 aromatic rings. The maximum atomic E-state index is 10.8. The van der Waals surface area contributed by atoms with Gasteiger partial charge in [-0.25, -0.2) is 0 Å². The lowest BCUT2D eigenvalue weighted by Gasteiger charge is -2.18. The molecule has 0 saturated carbocycles. The van der Waals surface area contributed by atoms with Gasteiger partial charge >= 0.3 is 5.82 Å². The second-order valence-electron chi connectivity index (χ2n) is 4.44. The second kappa shape index (κ2) is 5.62. The standard InChI is InChI=1S/C10H18N4O3/c1-7(2)4-8(5-15)12-10-9(14(16)17)11-6-13(10)3/h6-8,12,15H,4-5H2,1-3H3. The summed E-state index contributed by atoms with van der Waals surface area (Å²) in [5.41, 5.74) is 0. The SMILES string of the molecule is CC(C)CC(CO)Nc1c([N+](=O)[O-])ncn1C. The van der Waals surface area contributed by atoms with E-state index in [1.807, 2.05) is 13.8 Å². The molecular formula is C10H18N4O3. The smallest absolute Gasteiger partial charge is 0.394 e. The first-order valence-corrected chi connectivity index (χ1v) is 5.48. The molecule has 1 unspecified atom stereocenters. The number of aliphatic hydroxyl groups excluding tert-OH is 1. The van der Waals surface area contributed by atoms with E-state index in [1.165, 1.54) is 6.33 Å². The molecule has 1 atom stereocenters. The molecule has 2 N–H and O–H groups in total. The van der Waals surface area contributed by atoms with Crippen molar-refractivity contribution in [2.75, 3.05) is 11.9 Å². The van der Waals surface area contributed by atoms with Crippen LogP contribution < -0.4 is 5.32 Å². The summed E-state index contributed by atoms with van der Waals surface area (Å²) in [4.78, 5) is 13.9. The Morgan fingerprint density at radius 1 is 1.65 bits per heavy atom. The fraction of sp³-hybridized carbons (Fsp3) is 0.700. The summed E-state index contributed by atoms with van der Waals surface area (Å²) >= 11 is 0. The predicted molar refractivity (Wildman–Crippen MR) is 63.8 cm³/mol. The number of imidazole rings is 1. The third-order valence-electron chi connectivity index (χ3n) is 2.41. The van der Waals surface area contributed by atoms with Crippen LogP contribution in [0.25, 0.3) is 0 Å². The van der Waals surface area contributed by atoms with E-state index in [9.17, 15) is 15.2 Å². The number of nitro groups is 1. The monoisotopic (exact) mass is 242 g/mol. The van der Waals surface area contributed by atoms with Gasteiger partial charge in [0.1, 0.15) is 0 Å². The Morgan fingerprint density at radius 2 is 2.29 bits per heavy atom. The Morgan fingerprint density at radius 3 is 2.76 bits per heavy atom. The summed E-state index contributed by atoms with van der Waals surface area (Å²) in [5.74, 6) is 0.510. The molecule has 0 spiro atoms. The van der Waals surface area contributed by atoms with Crippen LogP contribution in [-0.2, 0) is 7.05 Å². The number of nitrogens with zero attached hydrogens (tertiary/aromatic N) is 3. The van der Waals surface area contributed by atoms with Crippen LogP contribution in [0.4, 0.5) is 11.6 Å². The van der Waals surface area contributed by atoms with Crippen LogP contribution in [0.2, 0.25) is 0 Å². The van der Waals surface area contributed by atoms with Gasteiger partial charge in [0.25, 0.3) is 0 Å². The van der Waals surface area contributed by atoms with E-state index in [-0.39, 0.29) is 18.5 Å². The highest BCUT2D eigenvalue weighted by atomic mass is 16.6. The molecule has 7 nitrogen and oxygen atoms in total. The minimum atomic E-state index is -0.536. The number of rotatable bonds is 6. The van der Waals surface area contributed by atoms with Gasteiger partial charge in [0, 0.05) is 7.05 Å². The highest BCUT2D eigenvalue weighted by Crippen LogP contribution is 2.23. The Hall–Kier alpha value is -1.63. The molecule has 0 bridgehead atoms. The molecule has 96 valence electrons. The quantitative estimate of drug-likeness (QED) is 0.576. The summed E-state index contributed by atoms with van der Waals surface area (Å²) in [6.45, 7) is 3.99. The average Bonchev–Trinajstić information content (AvgIpc) is 2.59. The van der Waals surface area contributed by atoms with Crippen molar-refractivity contribution in [1.29, 1.82) is 0 Å². The maximum absolute atomic E-state index is 10.8. The zero-order valence-electron chi connectivity index (χ0n) is 10.3. The second-order valence-corrected chi connectivity index (χ2v) is 4.44. The number of hydrogen-bond acceptors (Lipinski definition) is 5. The van der Waals surface area contributed by atoms with Crippen LogP contribution in [0.3, 0.4) is 0 Å². The van der Waals surface area contributed by atoms with Crippen LogP contribution in [0, 0.1) is 16.0 Å². The minimum absolute atomic E-state index is 0.0689. The summed E-state index contributed by atoms with van der Waals surface area (Å²) in [7, 11) is 1.67. The van der Waals surface area contributed by atoms with Crippen LogP contribution in [0.15, 0.2) is 6.33 Å². The van der Waals surface area contributed by atoms with E-state index in [1.54, 1.807) is 11.6 Å². The van der Waals surface area contributed by atoms with Gasteiger partial charge in [-0.2, -0.15) is 0 Å². The van der Waals surface area contributed by atoms with Crippen molar-refractivity contribution in [3.05, 3.63) is 16.4 Å². The summed E-state index contributed by atoms with van der Waals surface area (Å²) in [6.07, 6.45) is 2.11. The molecular weight excluding hydrogens is 224 g/mol. The van der Waals surface area contributed by atoms with Gasteiger partial charge in [-0.05, 0) is 22.2 Å².